The van der Waals surface area contributed by atoms with Gasteiger partial charge >= 0.3 is 12.5 Å². The van der Waals surface area contributed by atoms with Gasteiger partial charge in [-0.1, -0.05) is 11.6 Å². The zero-order valence-electron chi connectivity index (χ0n) is 8.23. The number of nitrogens with zero attached hydrogens (tertiary/aromatic N) is 1. The Kier molecular flexibility index (Phi) is 3.96. The third kappa shape index (κ3) is 3.39. The highest BCUT2D eigenvalue weighted by molar-refractivity contribution is 6.32. The van der Waals surface area contributed by atoms with E-state index in [4.69, 9.17) is 16.7 Å². The molecule has 0 fully saturated rings. The van der Waals surface area contributed by atoms with Crippen molar-refractivity contribution in [2.24, 2.45) is 0 Å². The number of aliphatic hydroxyl groups is 1. The van der Waals surface area contributed by atoms with Crippen molar-refractivity contribution < 1.29 is 36.2 Å². The van der Waals surface area contributed by atoms with Crippen LogP contribution in [0, 0.1) is 0 Å². The van der Waals surface area contributed by atoms with E-state index in [0.29, 0.717) is 6.20 Å². The van der Waals surface area contributed by atoms with Gasteiger partial charge in [0.15, 0.2) is 0 Å². The third-order valence-electron chi connectivity index (χ3n) is 1.73. The van der Waals surface area contributed by atoms with Gasteiger partial charge in [-0.15, -0.1) is 13.2 Å². The summed E-state index contributed by atoms with van der Waals surface area (Å²) in [4.78, 5) is 2.97. The maximum Gasteiger partial charge on any atom is 0.574 e. The molecular weight excluding hydrogens is 292 g/mol. The predicted molar refractivity (Wildman–Crippen MR) is 46.9 cm³/mol. The largest absolute Gasteiger partial charge is 0.574 e. The van der Waals surface area contributed by atoms with Crippen molar-refractivity contribution in [3.8, 4) is 5.88 Å². The Labute approximate surface area is 101 Å². The second-order valence-corrected chi connectivity index (χ2v) is 3.36. The molecule has 0 radical (unpaired) electrons. The zero-order valence-corrected chi connectivity index (χ0v) is 8.99. The lowest BCUT2D eigenvalue weighted by Gasteiger charge is -2.16. The Bertz CT molecular complexity index is 444. The van der Waals surface area contributed by atoms with Crippen molar-refractivity contribution >= 4 is 11.6 Å². The molecule has 1 heterocycles. The van der Waals surface area contributed by atoms with Crippen LogP contribution in [0.4, 0.5) is 26.3 Å². The molecule has 1 aromatic heterocycles. The molecule has 0 saturated heterocycles. The smallest absolute Gasteiger partial charge is 0.392 e. The summed E-state index contributed by atoms with van der Waals surface area (Å²) in [6, 6.07) is 0. The second kappa shape index (κ2) is 4.81. The van der Waals surface area contributed by atoms with Crippen LogP contribution in [0.5, 0.6) is 5.88 Å². The lowest BCUT2D eigenvalue weighted by molar-refractivity contribution is -0.276. The molecule has 0 aliphatic heterocycles. The fourth-order valence-corrected chi connectivity index (χ4v) is 1.43. The number of aliphatic hydroxyl groups excluding tert-OH is 1. The average molecular weight is 296 g/mol. The first-order valence-electron chi connectivity index (χ1n) is 4.17. The molecular formula is C8H4ClF6NO2. The Morgan fingerprint density at radius 2 is 1.78 bits per heavy atom. The molecule has 102 valence electrons. The minimum atomic E-state index is -5.22. The number of rotatable bonds is 2. The van der Waals surface area contributed by atoms with Crippen molar-refractivity contribution in [1.82, 2.24) is 4.98 Å². The summed E-state index contributed by atoms with van der Waals surface area (Å²) in [5.74, 6) is -1.42. The summed E-state index contributed by atoms with van der Waals surface area (Å²) in [6.45, 7) is -1.08. The second-order valence-electron chi connectivity index (χ2n) is 2.98. The van der Waals surface area contributed by atoms with Crippen LogP contribution in [0.2, 0.25) is 5.02 Å². The molecule has 0 spiro atoms. The average Bonchev–Trinajstić information content (AvgIpc) is 2.16. The van der Waals surface area contributed by atoms with Crippen molar-refractivity contribution in [2.75, 3.05) is 0 Å². The Morgan fingerprint density at radius 3 is 2.17 bits per heavy atom. The number of hydrogen-bond acceptors (Lipinski definition) is 3. The SMILES string of the molecule is OCc1cnc(OC(F)(F)F)c(Cl)c1C(F)(F)F. The Hall–Kier alpha value is -1.22. The van der Waals surface area contributed by atoms with E-state index >= 15 is 0 Å². The van der Waals surface area contributed by atoms with E-state index in [2.05, 4.69) is 9.72 Å². The number of alkyl halides is 6. The van der Waals surface area contributed by atoms with Crippen LogP contribution in [0.3, 0.4) is 0 Å². The van der Waals surface area contributed by atoms with Gasteiger partial charge < -0.3 is 9.84 Å². The van der Waals surface area contributed by atoms with Gasteiger partial charge in [-0.25, -0.2) is 4.98 Å². The van der Waals surface area contributed by atoms with E-state index in [-0.39, 0.29) is 0 Å². The molecule has 0 bridgehead atoms. The van der Waals surface area contributed by atoms with Crippen molar-refractivity contribution in [2.45, 2.75) is 19.1 Å². The topological polar surface area (TPSA) is 42.4 Å². The minimum Gasteiger partial charge on any atom is -0.392 e. The maximum atomic E-state index is 12.5. The minimum absolute atomic E-state index is 0.412. The van der Waals surface area contributed by atoms with Gasteiger partial charge in [0.25, 0.3) is 0 Å². The van der Waals surface area contributed by atoms with Crippen LogP contribution < -0.4 is 4.74 Å². The van der Waals surface area contributed by atoms with Crippen molar-refractivity contribution in [1.29, 1.82) is 0 Å². The van der Waals surface area contributed by atoms with Gasteiger partial charge in [-0.3, -0.25) is 0 Å². The van der Waals surface area contributed by atoms with Gasteiger partial charge in [-0.2, -0.15) is 13.2 Å². The third-order valence-corrected chi connectivity index (χ3v) is 2.08. The molecule has 1 aromatic rings. The summed E-state index contributed by atoms with van der Waals surface area (Å²) >= 11 is 5.16. The van der Waals surface area contributed by atoms with Crippen LogP contribution in [0.15, 0.2) is 6.20 Å². The lowest BCUT2D eigenvalue weighted by Crippen LogP contribution is -2.20. The van der Waals surface area contributed by atoms with Gasteiger partial charge in [0.05, 0.1) is 12.2 Å². The van der Waals surface area contributed by atoms with Gasteiger partial charge in [0, 0.05) is 11.8 Å². The molecule has 0 atom stereocenters. The summed E-state index contributed by atoms with van der Waals surface area (Å²) in [6.07, 6.45) is -9.85. The van der Waals surface area contributed by atoms with Gasteiger partial charge in [0.2, 0.25) is 5.88 Å². The Balaban J connectivity index is 3.35. The molecule has 0 aliphatic carbocycles. The van der Waals surface area contributed by atoms with Crippen LogP contribution >= 0.6 is 11.6 Å². The molecule has 3 nitrogen and oxygen atoms in total. The van der Waals surface area contributed by atoms with Crippen LogP contribution in [-0.2, 0) is 12.8 Å². The van der Waals surface area contributed by atoms with E-state index in [1.54, 1.807) is 0 Å². The quantitative estimate of drug-likeness (QED) is 0.852. The summed E-state index contributed by atoms with van der Waals surface area (Å²) in [5.41, 5.74) is -2.36. The van der Waals surface area contributed by atoms with Gasteiger partial charge in [-0.05, 0) is 0 Å². The van der Waals surface area contributed by atoms with Crippen LogP contribution in [-0.4, -0.2) is 16.5 Å². The lowest BCUT2D eigenvalue weighted by atomic mass is 10.1. The molecule has 10 heteroatoms. The standard InChI is InChI=1S/C8H4ClF6NO2/c9-5-4(7(10,11)12)3(2-17)1-16-6(5)18-8(13,14)15/h1,17H,2H2. The summed E-state index contributed by atoms with van der Waals surface area (Å²) in [5, 5.41) is 7.31. The number of hydrogen-bond donors (Lipinski definition) is 1. The van der Waals surface area contributed by atoms with E-state index in [1.165, 1.54) is 0 Å². The normalized spacial score (nSPS) is 12.7. The summed E-state index contributed by atoms with van der Waals surface area (Å²) in [7, 11) is 0. The first-order chi connectivity index (χ1) is 8.06. The van der Waals surface area contributed by atoms with E-state index in [0.717, 1.165) is 0 Å². The highest BCUT2D eigenvalue weighted by Gasteiger charge is 2.40. The molecule has 0 amide bonds. The molecule has 0 unspecified atom stereocenters. The van der Waals surface area contributed by atoms with E-state index in [1.807, 2.05) is 0 Å². The number of halogens is 7. The first kappa shape index (κ1) is 14.8. The van der Waals surface area contributed by atoms with Crippen LogP contribution in [0.25, 0.3) is 0 Å². The predicted octanol–water partition coefficient (Wildman–Crippen LogP) is 3.14. The van der Waals surface area contributed by atoms with Gasteiger partial charge in [0.1, 0.15) is 5.02 Å². The number of pyridine rings is 1. The molecule has 1 N–H and O–H groups in total. The Morgan fingerprint density at radius 1 is 1.22 bits per heavy atom. The molecule has 18 heavy (non-hydrogen) atoms. The van der Waals surface area contributed by atoms with E-state index < -0.39 is 41.2 Å². The number of ether oxygens (including phenoxy) is 1. The fraction of sp³-hybridized carbons (Fsp3) is 0.375. The first-order valence-corrected chi connectivity index (χ1v) is 4.55. The highest BCUT2D eigenvalue weighted by Crippen LogP contribution is 2.41. The van der Waals surface area contributed by atoms with Crippen molar-refractivity contribution in [3.63, 3.8) is 0 Å². The highest BCUT2D eigenvalue weighted by atomic mass is 35.5. The molecule has 1 rings (SSSR count). The maximum absolute atomic E-state index is 12.5. The van der Waals surface area contributed by atoms with Crippen LogP contribution in [0.1, 0.15) is 11.1 Å². The monoisotopic (exact) mass is 295 g/mol. The summed E-state index contributed by atoms with van der Waals surface area (Å²) < 4.78 is 76.5. The fourth-order valence-electron chi connectivity index (χ4n) is 1.11. The van der Waals surface area contributed by atoms with Crippen molar-refractivity contribution in [3.05, 3.63) is 22.3 Å². The molecule has 0 aromatic carbocycles. The molecule has 0 aliphatic rings. The van der Waals surface area contributed by atoms with E-state index in [9.17, 15) is 26.3 Å². The number of aromatic nitrogens is 1. The molecule has 0 saturated carbocycles. The zero-order chi connectivity index (χ0) is 14.1.